The Balaban J connectivity index is 2.18. The van der Waals surface area contributed by atoms with Crippen LogP contribution in [0.3, 0.4) is 0 Å². The topological polar surface area (TPSA) is 100 Å². The second kappa shape index (κ2) is 6.53. The first-order valence-electron chi connectivity index (χ1n) is 7.95. The molecule has 132 valence electrons. The molecular weight excluding hydrogens is 342 g/mol. The monoisotopic (exact) mass is 361 g/mol. The number of rotatable bonds is 4. The highest BCUT2D eigenvalue weighted by molar-refractivity contribution is 7.89. The van der Waals surface area contributed by atoms with Gasteiger partial charge in [0.25, 0.3) is 0 Å². The summed E-state index contributed by atoms with van der Waals surface area (Å²) in [5.74, 6) is -1.12. The number of carboxylic acids is 1. The van der Waals surface area contributed by atoms with Crippen LogP contribution in [0.4, 0.5) is 0 Å². The molecule has 2 aromatic rings. The van der Waals surface area contributed by atoms with E-state index in [0.717, 1.165) is 9.87 Å². The molecule has 1 aromatic carbocycles. The van der Waals surface area contributed by atoms with E-state index in [9.17, 15) is 18.3 Å². The zero-order chi connectivity index (χ0) is 18.2. The fourth-order valence-electron chi connectivity index (χ4n) is 3.13. The van der Waals surface area contributed by atoms with Crippen LogP contribution in [0, 0.1) is 13.8 Å². The van der Waals surface area contributed by atoms with Gasteiger partial charge >= 0.3 is 5.97 Å². The molecule has 2 heterocycles. The van der Waals surface area contributed by atoms with Gasteiger partial charge in [-0.3, -0.25) is 14.8 Å². The number of nitrogens with zero attached hydrogens (tertiary/aromatic N) is 3. The SMILES string of the molecule is Cc1ccc(S(=O)(=O)N2CCC[C@H]2C(=O)O)c(-c2nccnc2C)c1. The van der Waals surface area contributed by atoms with Crippen molar-refractivity contribution >= 4 is 16.0 Å². The van der Waals surface area contributed by atoms with Crippen molar-refractivity contribution in [3.8, 4) is 11.3 Å². The van der Waals surface area contributed by atoms with Crippen LogP contribution in [0.5, 0.6) is 0 Å². The number of aromatic nitrogens is 2. The lowest BCUT2D eigenvalue weighted by molar-refractivity contribution is -0.140. The Morgan fingerprint density at radius 2 is 1.96 bits per heavy atom. The zero-order valence-electron chi connectivity index (χ0n) is 14.0. The van der Waals surface area contributed by atoms with Crippen molar-refractivity contribution in [1.82, 2.24) is 14.3 Å². The second-order valence-electron chi connectivity index (χ2n) is 6.10. The number of carbonyl (C=O) groups is 1. The minimum Gasteiger partial charge on any atom is -0.480 e. The number of hydrogen-bond acceptors (Lipinski definition) is 5. The molecule has 0 aliphatic carbocycles. The van der Waals surface area contributed by atoms with Gasteiger partial charge in [-0.1, -0.05) is 11.6 Å². The number of carboxylic acid groups (broad SMARTS) is 1. The second-order valence-corrected chi connectivity index (χ2v) is 7.96. The Kier molecular flexibility index (Phi) is 4.57. The quantitative estimate of drug-likeness (QED) is 0.894. The molecule has 0 spiro atoms. The van der Waals surface area contributed by atoms with E-state index in [1.54, 1.807) is 25.3 Å². The zero-order valence-corrected chi connectivity index (χ0v) is 14.8. The van der Waals surface area contributed by atoms with E-state index in [4.69, 9.17) is 0 Å². The van der Waals surface area contributed by atoms with Crippen molar-refractivity contribution in [3.05, 3.63) is 41.9 Å². The van der Waals surface area contributed by atoms with Gasteiger partial charge in [-0.2, -0.15) is 4.31 Å². The van der Waals surface area contributed by atoms with E-state index in [-0.39, 0.29) is 11.4 Å². The summed E-state index contributed by atoms with van der Waals surface area (Å²) in [7, 11) is -3.96. The van der Waals surface area contributed by atoms with Gasteiger partial charge in [0.1, 0.15) is 6.04 Å². The van der Waals surface area contributed by atoms with Crippen molar-refractivity contribution in [2.75, 3.05) is 6.54 Å². The highest BCUT2D eigenvalue weighted by Crippen LogP contribution is 2.33. The molecule has 1 fully saturated rings. The third kappa shape index (κ3) is 3.14. The predicted octanol–water partition coefficient (Wildman–Crippen LogP) is 2.00. The molecule has 25 heavy (non-hydrogen) atoms. The number of benzene rings is 1. The van der Waals surface area contributed by atoms with Gasteiger partial charge < -0.3 is 5.11 Å². The first-order chi connectivity index (χ1) is 11.8. The Labute approximate surface area is 146 Å². The van der Waals surface area contributed by atoms with Crippen LogP contribution < -0.4 is 0 Å². The van der Waals surface area contributed by atoms with E-state index in [2.05, 4.69) is 9.97 Å². The Morgan fingerprint density at radius 1 is 1.24 bits per heavy atom. The van der Waals surface area contributed by atoms with Crippen molar-refractivity contribution in [2.45, 2.75) is 37.6 Å². The number of hydrogen-bond donors (Lipinski definition) is 1. The maximum atomic E-state index is 13.2. The van der Waals surface area contributed by atoms with Gasteiger partial charge in [0.05, 0.1) is 16.3 Å². The van der Waals surface area contributed by atoms with E-state index >= 15 is 0 Å². The Morgan fingerprint density at radius 3 is 2.64 bits per heavy atom. The maximum absolute atomic E-state index is 13.2. The molecule has 1 aliphatic rings. The molecule has 0 radical (unpaired) electrons. The van der Waals surface area contributed by atoms with E-state index in [0.29, 0.717) is 29.8 Å². The Hall–Kier alpha value is -2.32. The highest BCUT2D eigenvalue weighted by Gasteiger charge is 2.40. The highest BCUT2D eigenvalue weighted by atomic mass is 32.2. The standard InChI is InChI=1S/C17H19N3O4S/c1-11-5-6-15(13(10-11)16-12(2)18-7-8-19-16)25(23,24)20-9-3-4-14(20)17(21)22/h5-8,10,14H,3-4,9H2,1-2H3,(H,21,22)/t14-/m0/s1. The minimum absolute atomic E-state index is 0.0647. The number of aryl methyl sites for hydroxylation is 2. The fourth-order valence-corrected chi connectivity index (χ4v) is 4.95. The molecule has 3 rings (SSSR count). The van der Waals surface area contributed by atoms with E-state index in [1.165, 1.54) is 12.3 Å². The van der Waals surface area contributed by atoms with Gasteiger partial charge in [-0.15, -0.1) is 0 Å². The summed E-state index contributed by atoms with van der Waals surface area (Å²) in [6, 6.07) is 3.94. The van der Waals surface area contributed by atoms with Crippen LogP contribution >= 0.6 is 0 Å². The molecule has 1 aromatic heterocycles. The van der Waals surface area contributed by atoms with Crippen molar-refractivity contribution < 1.29 is 18.3 Å². The summed E-state index contributed by atoms with van der Waals surface area (Å²) in [4.78, 5) is 20.0. The van der Waals surface area contributed by atoms with Gasteiger partial charge in [-0.25, -0.2) is 8.42 Å². The summed E-state index contributed by atoms with van der Waals surface area (Å²) < 4.78 is 27.4. The van der Waals surface area contributed by atoms with Crippen LogP contribution in [0.2, 0.25) is 0 Å². The summed E-state index contributed by atoms with van der Waals surface area (Å²) >= 11 is 0. The molecule has 0 amide bonds. The normalized spacial score (nSPS) is 18.4. The lowest BCUT2D eigenvalue weighted by Crippen LogP contribution is -2.40. The van der Waals surface area contributed by atoms with Crippen LogP contribution in [0.15, 0.2) is 35.5 Å². The van der Waals surface area contributed by atoms with Crippen molar-refractivity contribution in [3.63, 3.8) is 0 Å². The van der Waals surface area contributed by atoms with Crippen LogP contribution in [0.25, 0.3) is 11.3 Å². The van der Waals surface area contributed by atoms with Gasteiger partial charge in [-0.05, 0) is 38.8 Å². The molecule has 1 N–H and O–H groups in total. The van der Waals surface area contributed by atoms with Gasteiger partial charge in [0, 0.05) is 24.5 Å². The number of sulfonamides is 1. The van der Waals surface area contributed by atoms with E-state index < -0.39 is 22.0 Å². The molecule has 1 aliphatic heterocycles. The summed E-state index contributed by atoms with van der Waals surface area (Å²) in [5.41, 5.74) is 2.42. The molecular formula is C17H19N3O4S. The van der Waals surface area contributed by atoms with Crippen molar-refractivity contribution in [2.24, 2.45) is 0 Å². The summed E-state index contributed by atoms with van der Waals surface area (Å²) in [6.07, 6.45) is 3.90. The molecule has 8 heteroatoms. The lowest BCUT2D eigenvalue weighted by atomic mass is 10.1. The summed E-state index contributed by atoms with van der Waals surface area (Å²) in [6.45, 7) is 3.82. The lowest BCUT2D eigenvalue weighted by Gasteiger charge is -2.22. The van der Waals surface area contributed by atoms with Crippen molar-refractivity contribution in [1.29, 1.82) is 0 Å². The van der Waals surface area contributed by atoms with Crippen LogP contribution in [0.1, 0.15) is 24.1 Å². The average Bonchev–Trinajstić information content (AvgIpc) is 3.06. The minimum atomic E-state index is -3.96. The van der Waals surface area contributed by atoms with Gasteiger partial charge in [0.15, 0.2) is 0 Å². The number of aliphatic carboxylic acids is 1. The molecule has 7 nitrogen and oxygen atoms in total. The third-order valence-corrected chi connectivity index (χ3v) is 6.31. The molecule has 0 unspecified atom stereocenters. The predicted molar refractivity (Wildman–Crippen MR) is 91.5 cm³/mol. The average molecular weight is 361 g/mol. The molecule has 1 atom stereocenters. The Bertz CT molecular complexity index is 927. The van der Waals surface area contributed by atoms with E-state index in [1.807, 2.05) is 6.92 Å². The fraction of sp³-hybridized carbons (Fsp3) is 0.353. The molecule has 1 saturated heterocycles. The maximum Gasteiger partial charge on any atom is 0.322 e. The molecule has 0 saturated carbocycles. The third-order valence-electron chi connectivity index (χ3n) is 4.35. The largest absolute Gasteiger partial charge is 0.480 e. The summed E-state index contributed by atoms with van der Waals surface area (Å²) in [5, 5.41) is 9.34. The first-order valence-corrected chi connectivity index (χ1v) is 9.39. The van der Waals surface area contributed by atoms with Gasteiger partial charge in [0.2, 0.25) is 10.0 Å². The van der Waals surface area contributed by atoms with Crippen LogP contribution in [-0.4, -0.2) is 46.4 Å². The van der Waals surface area contributed by atoms with Crippen LogP contribution in [-0.2, 0) is 14.8 Å². The molecule has 0 bridgehead atoms. The smallest absolute Gasteiger partial charge is 0.322 e. The first kappa shape index (κ1) is 17.5.